The Bertz CT molecular complexity index is 1590. The number of aromatic carboxylic acids is 2. The molecule has 0 radical (unpaired) electrons. The van der Waals surface area contributed by atoms with E-state index in [9.17, 15) is 43.8 Å². The van der Waals surface area contributed by atoms with Crippen LogP contribution in [0.15, 0.2) is 59.7 Å². The van der Waals surface area contributed by atoms with Crippen LogP contribution >= 0.6 is 0 Å². The van der Waals surface area contributed by atoms with Crippen molar-refractivity contribution < 1.29 is 48.5 Å². The van der Waals surface area contributed by atoms with Gasteiger partial charge in [0.25, 0.3) is 0 Å². The van der Waals surface area contributed by atoms with Crippen LogP contribution in [0.2, 0.25) is 0 Å². The Labute approximate surface area is 244 Å². The number of carboxylic acids is 2. The highest BCUT2D eigenvalue weighted by molar-refractivity contribution is 6.27. The number of carboxylic acid groups (broad SMARTS) is 2. The molecular weight excluding hydrogens is 560 g/mol. The van der Waals surface area contributed by atoms with Crippen molar-refractivity contribution in [3.8, 4) is 0 Å². The lowest BCUT2D eigenvalue weighted by Crippen LogP contribution is -2.61. The monoisotopic (exact) mass is 586 g/mol. The number of anilines is 2. The van der Waals surface area contributed by atoms with Gasteiger partial charge in [-0.15, -0.1) is 0 Å². The Hall–Kier alpha value is -5.13. The summed E-state index contributed by atoms with van der Waals surface area (Å²) in [6, 6.07) is 10.4. The van der Waals surface area contributed by atoms with Crippen LogP contribution in [0.4, 0.5) is 11.4 Å². The van der Waals surface area contributed by atoms with Crippen molar-refractivity contribution in [3.05, 3.63) is 70.8 Å². The minimum Gasteiger partial charge on any atom is -0.478 e. The van der Waals surface area contributed by atoms with E-state index >= 15 is 0 Å². The summed E-state index contributed by atoms with van der Waals surface area (Å²) in [7, 11) is 0. The van der Waals surface area contributed by atoms with Gasteiger partial charge in [0.1, 0.15) is 0 Å². The molecule has 4 unspecified atom stereocenters. The van der Waals surface area contributed by atoms with Crippen molar-refractivity contribution in [2.75, 3.05) is 16.4 Å². The standard InChI is InChI=1S/C31H26N2O10/c1-4-43-30(42)21-13(2)18-19-22(26(36)32(24(19)34)16-9-5-14(6-10-16)28(38)39)31(21,3)23-20(18)25(35)33(27(23)37)17-11-7-15(8-12-17)29(40)41/h5-12,18-20,22-23H,4H2,1-3H3,(H,38,39)(H,40,41). The second kappa shape index (κ2) is 9.45. The van der Waals surface area contributed by atoms with E-state index in [-0.39, 0.29) is 34.7 Å². The molecule has 5 aliphatic rings. The number of allylic oxidation sites excluding steroid dienone is 1. The summed E-state index contributed by atoms with van der Waals surface area (Å²) in [5, 5.41) is 18.5. The molecule has 2 aromatic carbocycles. The zero-order chi connectivity index (χ0) is 31.1. The molecule has 2 saturated heterocycles. The molecule has 12 heteroatoms. The van der Waals surface area contributed by atoms with Crippen LogP contribution in [0, 0.1) is 35.0 Å². The number of carbonyl (C=O) groups excluding carboxylic acids is 5. The van der Waals surface area contributed by atoms with Gasteiger partial charge in [0.15, 0.2) is 0 Å². The summed E-state index contributed by atoms with van der Waals surface area (Å²) < 4.78 is 5.36. The number of hydrogen-bond donors (Lipinski definition) is 2. The van der Waals surface area contributed by atoms with Gasteiger partial charge < -0.3 is 14.9 Å². The van der Waals surface area contributed by atoms with Gasteiger partial charge in [-0.05, 0) is 62.4 Å². The Balaban J connectivity index is 1.49. The molecule has 12 nitrogen and oxygen atoms in total. The van der Waals surface area contributed by atoms with Crippen LogP contribution < -0.4 is 9.80 Å². The first kappa shape index (κ1) is 28.0. The Morgan fingerprint density at radius 2 is 1.12 bits per heavy atom. The first-order valence-corrected chi connectivity index (χ1v) is 13.7. The van der Waals surface area contributed by atoms with E-state index in [0.29, 0.717) is 5.57 Å². The molecule has 43 heavy (non-hydrogen) atoms. The average molecular weight is 587 g/mol. The molecule has 2 aliphatic heterocycles. The molecular formula is C31H26N2O10. The Morgan fingerprint density at radius 1 is 0.721 bits per heavy atom. The molecule has 0 spiro atoms. The van der Waals surface area contributed by atoms with Crippen molar-refractivity contribution in [1.29, 1.82) is 0 Å². The number of hydrogen-bond acceptors (Lipinski definition) is 8. The lowest BCUT2D eigenvalue weighted by molar-refractivity contribution is -0.155. The molecule has 7 rings (SSSR count). The summed E-state index contributed by atoms with van der Waals surface area (Å²) in [6.45, 7) is 4.80. The van der Waals surface area contributed by atoms with Crippen LogP contribution in [0.3, 0.4) is 0 Å². The molecule has 2 N–H and O–H groups in total. The number of rotatable bonds is 6. The number of benzene rings is 2. The van der Waals surface area contributed by atoms with E-state index in [0.717, 1.165) is 9.80 Å². The quantitative estimate of drug-likeness (QED) is 0.378. The van der Waals surface area contributed by atoms with Crippen LogP contribution in [0.25, 0.3) is 0 Å². The van der Waals surface area contributed by atoms with Gasteiger partial charge in [-0.25, -0.2) is 14.4 Å². The lowest BCUT2D eigenvalue weighted by Gasteiger charge is -2.55. The summed E-state index contributed by atoms with van der Waals surface area (Å²) in [4.78, 5) is 94.5. The van der Waals surface area contributed by atoms with Gasteiger partial charge in [-0.3, -0.25) is 29.0 Å². The summed E-state index contributed by atoms with van der Waals surface area (Å²) >= 11 is 0. The van der Waals surface area contributed by atoms with E-state index < -0.39 is 76.5 Å². The van der Waals surface area contributed by atoms with E-state index in [2.05, 4.69) is 0 Å². The van der Waals surface area contributed by atoms with Gasteiger partial charge >= 0.3 is 17.9 Å². The van der Waals surface area contributed by atoms with Crippen LogP contribution in [-0.4, -0.2) is 58.4 Å². The second-order valence-corrected chi connectivity index (χ2v) is 11.3. The van der Waals surface area contributed by atoms with Gasteiger partial charge in [0, 0.05) is 16.9 Å². The fraction of sp³-hybridized carbons (Fsp3) is 0.323. The van der Waals surface area contributed by atoms with Crippen LogP contribution in [0.1, 0.15) is 41.5 Å². The van der Waals surface area contributed by atoms with Crippen molar-refractivity contribution >= 4 is 52.9 Å². The fourth-order valence-corrected chi connectivity index (χ4v) is 7.82. The second-order valence-electron chi connectivity index (χ2n) is 11.3. The molecule has 1 saturated carbocycles. The molecule has 4 amide bonds. The van der Waals surface area contributed by atoms with Gasteiger partial charge in [0.2, 0.25) is 23.6 Å². The predicted octanol–water partition coefficient (Wildman–Crippen LogP) is 2.52. The third-order valence-electron chi connectivity index (χ3n) is 9.43. The maximum absolute atomic E-state index is 14.2. The number of amides is 4. The Kier molecular flexibility index (Phi) is 6.15. The average Bonchev–Trinajstić information content (AvgIpc) is 3.39. The third kappa shape index (κ3) is 3.58. The maximum Gasteiger partial charge on any atom is 0.335 e. The smallest absolute Gasteiger partial charge is 0.335 e. The molecule has 3 fully saturated rings. The van der Waals surface area contributed by atoms with Crippen molar-refractivity contribution in [2.24, 2.45) is 35.0 Å². The molecule has 0 aromatic heterocycles. The summed E-state index contributed by atoms with van der Waals surface area (Å²) in [6.07, 6.45) is 0. The third-order valence-corrected chi connectivity index (χ3v) is 9.43. The molecule has 2 bridgehead atoms. The van der Waals surface area contributed by atoms with E-state index in [1.807, 2.05) is 0 Å². The van der Waals surface area contributed by atoms with E-state index in [1.54, 1.807) is 20.8 Å². The number of esters is 1. The summed E-state index contributed by atoms with van der Waals surface area (Å²) in [5.41, 5.74) is -0.933. The van der Waals surface area contributed by atoms with Crippen LogP contribution in [-0.2, 0) is 28.7 Å². The summed E-state index contributed by atoms with van der Waals surface area (Å²) in [5.74, 6) is -11.1. The highest BCUT2D eigenvalue weighted by Crippen LogP contribution is 2.68. The Morgan fingerprint density at radius 3 is 1.47 bits per heavy atom. The fourth-order valence-electron chi connectivity index (χ4n) is 7.82. The topological polar surface area (TPSA) is 176 Å². The first-order chi connectivity index (χ1) is 20.4. The van der Waals surface area contributed by atoms with Crippen LogP contribution in [0.5, 0.6) is 0 Å². The van der Waals surface area contributed by atoms with Gasteiger partial charge in [-0.1, -0.05) is 12.5 Å². The largest absolute Gasteiger partial charge is 0.478 e. The van der Waals surface area contributed by atoms with E-state index in [1.165, 1.54) is 48.5 Å². The number of nitrogens with zero attached hydrogens (tertiary/aromatic N) is 2. The van der Waals surface area contributed by atoms with Crippen molar-refractivity contribution in [2.45, 2.75) is 20.8 Å². The SMILES string of the molecule is CCOC(=O)C1=C(C)C2C3C(=O)N(c4ccc(C(=O)O)cc4)C(=O)C3C1(C)C1C(=O)N(c3ccc(C(=O)O)cc3)C(=O)C21. The van der Waals surface area contributed by atoms with Gasteiger partial charge in [-0.2, -0.15) is 0 Å². The number of ether oxygens (including phenoxy) is 1. The van der Waals surface area contributed by atoms with E-state index in [4.69, 9.17) is 4.74 Å². The first-order valence-electron chi connectivity index (χ1n) is 13.7. The highest BCUT2D eigenvalue weighted by Gasteiger charge is 2.77. The zero-order valence-corrected chi connectivity index (χ0v) is 23.3. The minimum absolute atomic E-state index is 0.0163. The predicted molar refractivity (Wildman–Crippen MR) is 147 cm³/mol. The number of imide groups is 2. The lowest BCUT2D eigenvalue weighted by atomic mass is 9.43. The molecule has 2 aromatic rings. The molecule has 2 heterocycles. The normalized spacial score (nSPS) is 29.2. The molecule has 3 aliphatic carbocycles. The minimum atomic E-state index is -1.61. The van der Waals surface area contributed by atoms with Crippen molar-refractivity contribution in [1.82, 2.24) is 0 Å². The highest BCUT2D eigenvalue weighted by atomic mass is 16.5. The molecule has 220 valence electrons. The molecule has 4 atom stereocenters. The van der Waals surface area contributed by atoms with Crippen molar-refractivity contribution in [3.63, 3.8) is 0 Å². The maximum atomic E-state index is 14.2. The zero-order valence-electron chi connectivity index (χ0n) is 23.3. The van der Waals surface area contributed by atoms with Gasteiger partial charge in [0.05, 0.1) is 52.8 Å². The number of carbonyl (C=O) groups is 7.